The molecule has 0 aromatic heterocycles. The molecular formula is C17H24ClN3O5S. The summed E-state index contributed by atoms with van der Waals surface area (Å²) < 4.78 is 32.1. The third-order valence-corrected chi connectivity index (χ3v) is 6.45. The number of rotatable bonds is 7. The van der Waals surface area contributed by atoms with Crippen LogP contribution in [0.5, 0.6) is 0 Å². The van der Waals surface area contributed by atoms with Crippen molar-refractivity contribution in [1.82, 2.24) is 14.9 Å². The van der Waals surface area contributed by atoms with Crippen molar-refractivity contribution in [2.24, 2.45) is 0 Å². The van der Waals surface area contributed by atoms with E-state index >= 15 is 0 Å². The molecule has 0 aliphatic carbocycles. The van der Waals surface area contributed by atoms with E-state index < -0.39 is 22.0 Å². The van der Waals surface area contributed by atoms with Gasteiger partial charge in [-0.25, -0.2) is 8.42 Å². The van der Waals surface area contributed by atoms with Crippen LogP contribution in [0.15, 0.2) is 23.1 Å². The van der Waals surface area contributed by atoms with E-state index in [0.717, 1.165) is 6.42 Å². The molecular weight excluding hydrogens is 394 g/mol. The van der Waals surface area contributed by atoms with Crippen LogP contribution in [0.1, 0.15) is 30.6 Å². The van der Waals surface area contributed by atoms with Gasteiger partial charge in [0, 0.05) is 25.2 Å². The lowest BCUT2D eigenvalue weighted by atomic mass is 10.2. The van der Waals surface area contributed by atoms with Gasteiger partial charge in [-0.15, -0.1) is 0 Å². The fourth-order valence-electron chi connectivity index (χ4n) is 2.52. The molecule has 1 aromatic carbocycles. The molecule has 0 unspecified atom stereocenters. The summed E-state index contributed by atoms with van der Waals surface area (Å²) in [7, 11) is -3.84. The highest BCUT2D eigenvalue weighted by atomic mass is 35.5. The van der Waals surface area contributed by atoms with Crippen molar-refractivity contribution in [3.05, 3.63) is 28.8 Å². The van der Waals surface area contributed by atoms with E-state index in [1.54, 1.807) is 6.92 Å². The third-order valence-electron chi connectivity index (χ3n) is 4.07. The van der Waals surface area contributed by atoms with Crippen molar-refractivity contribution in [1.29, 1.82) is 0 Å². The van der Waals surface area contributed by atoms with Gasteiger partial charge in [-0.3, -0.25) is 9.59 Å². The summed E-state index contributed by atoms with van der Waals surface area (Å²) in [6, 6.07) is 3.27. The van der Waals surface area contributed by atoms with Crippen LogP contribution >= 0.6 is 11.6 Å². The highest BCUT2D eigenvalue weighted by molar-refractivity contribution is 7.89. The van der Waals surface area contributed by atoms with E-state index in [2.05, 4.69) is 10.6 Å². The smallest absolute Gasteiger partial charge is 0.251 e. The predicted octanol–water partition coefficient (Wildman–Crippen LogP) is 1.01. The van der Waals surface area contributed by atoms with Crippen LogP contribution in [0.25, 0.3) is 0 Å². The number of nitrogens with zero attached hydrogens (tertiary/aromatic N) is 1. The second-order valence-electron chi connectivity index (χ2n) is 6.15. The Kier molecular flexibility index (Phi) is 7.60. The minimum atomic E-state index is -3.84. The molecule has 1 aromatic rings. The number of nitrogens with one attached hydrogen (secondary N) is 2. The molecule has 1 aliphatic rings. The minimum absolute atomic E-state index is 0.0341. The summed E-state index contributed by atoms with van der Waals surface area (Å²) in [4.78, 5) is 24.2. The molecule has 1 aliphatic heterocycles. The zero-order chi connectivity index (χ0) is 20.0. The SMILES string of the molecule is CCCNC(=O)[C@@H](C)NC(=O)c1ccc(Cl)c(S(=O)(=O)N2CCOCC2)c1. The first kappa shape index (κ1) is 21.6. The normalized spacial score (nSPS) is 16.6. The lowest BCUT2D eigenvalue weighted by Gasteiger charge is -2.26. The molecule has 0 saturated carbocycles. The summed E-state index contributed by atoms with van der Waals surface area (Å²) in [6.45, 7) is 5.07. The number of sulfonamides is 1. The number of hydrogen-bond acceptors (Lipinski definition) is 5. The first-order chi connectivity index (χ1) is 12.8. The second-order valence-corrected chi connectivity index (χ2v) is 8.46. The van der Waals surface area contributed by atoms with E-state index in [1.807, 2.05) is 6.92 Å². The van der Waals surface area contributed by atoms with E-state index in [4.69, 9.17) is 16.3 Å². The molecule has 8 nitrogen and oxygen atoms in total. The Hall–Kier alpha value is -1.68. The van der Waals surface area contributed by atoms with Gasteiger partial charge >= 0.3 is 0 Å². The topological polar surface area (TPSA) is 105 Å². The molecule has 150 valence electrons. The average molecular weight is 418 g/mol. The van der Waals surface area contributed by atoms with Crippen LogP contribution in [0.3, 0.4) is 0 Å². The number of morpholine rings is 1. The largest absolute Gasteiger partial charge is 0.379 e. The summed E-state index contributed by atoms with van der Waals surface area (Å²) >= 11 is 6.09. The summed E-state index contributed by atoms with van der Waals surface area (Å²) in [5.41, 5.74) is 0.112. The van der Waals surface area contributed by atoms with Crippen LogP contribution in [-0.2, 0) is 19.6 Å². The maximum absolute atomic E-state index is 12.8. The van der Waals surface area contributed by atoms with Crippen molar-refractivity contribution < 1.29 is 22.7 Å². The maximum atomic E-state index is 12.8. The summed E-state index contributed by atoms with van der Waals surface area (Å²) in [6.07, 6.45) is 0.784. The highest BCUT2D eigenvalue weighted by Crippen LogP contribution is 2.26. The van der Waals surface area contributed by atoms with Crippen molar-refractivity contribution in [2.45, 2.75) is 31.2 Å². The number of ether oxygens (including phenoxy) is 1. The van der Waals surface area contributed by atoms with Crippen molar-refractivity contribution in [3.8, 4) is 0 Å². The molecule has 1 fully saturated rings. The van der Waals surface area contributed by atoms with Crippen LogP contribution < -0.4 is 10.6 Å². The van der Waals surface area contributed by atoms with E-state index in [1.165, 1.54) is 22.5 Å². The number of amides is 2. The van der Waals surface area contributed by atoms with Crippen LogP contribution in [-0.4, -0.2) is 63.4 Å². The monoisotopic (exact) mass is 417 g/mol. The molecule has 1 atom stereocenters. The van der Waals surface area contributed by atoms with Gasteiger partial charge in [-0.05, 0) is 31.5 Å². The summed E-state index contributed by atoms with van der Waals surface area (Å²) in [5, 5.41) is 5.28. The number of benzene rings is 1. The fourth-order valence-corrected chi connectivity index (χ4v) is 4.42. The lowest BCUT2D eigenvalue weighted by molar-refractivity contribution is -0.122. The Morgan fingerprint density at radius 1 is 1.30 bits per heavy atom. The average Bonchev–Trinajstić information content (AvgIpc) is 2.66. The summed E-state index contributed by atoms with van der Waals surface area (Å²) in [5.74, 6) is -0.857. The first-order valence-corrected chi connectivity index (χ1v) is 10.5. The first-order valence-electron chi connectivity index (χ1n) is 8.73. The Bertz CT molecular complexity index is 794. The lowest BCUT2D eigenvalue weighted by Crippen LogP contribution is -2.45. The Morgan fingerprint density at radius 3 is 2.59 bits per heavy atom. The molecule has 0 radical (unpaired) electrons. The van der Waals surface area contributed by atoms with Crippen LogP contribution in [0.4, 0.5) is 0 Å². The van der Waals surface area contributed by atoms with Gasteiger partial charge in [0.2, 0.25) is 15.9 Å². The molecule has 1 heterocycles. The quantitative estimate of drug-likeness (QED) is 0.688. The van der Waals surface area contributed by atoms with Crippen molar-refractivity contribution in [2.75, 3.05) is 32.8 Å². The molecule has 0 spiro atoms. The number of halogens is 1. The van der Waals surface area contributed by atoms with Gasteiger partial charge in [0.25, 0.3) is 5.91 Å². The van der Waals surface area contributed by atoms with Crippen LogP contribution in [0, 0.1) is 0 Å². The Morgan fingerprint density at radius 2 is 1.96 bits per heavy atom. The standard InChI is InChI=1S/C17H24ClN3O5S/c1-3-6-19-16(22)12(2)20-17(23)13-4-5-14(18)15(11-13)27(24,25)21-7-9-26-10-8-21/h4-5,11-12H,3,6-10H2,1-2H3,(H,19,22)(H,20,23)/t12-/m1/s1. The molecule has 2 rings (SSSR count). The predicted molar refractivity (Wildman–Crippen MR) is 101 cm³/mol. The van der Waals surface area contributed by atoms with E-state index in [0.29, 0.717) is 19.8 Å². The third kappa shape index (κ3) is 5.41. The maximum Gasteiger partial charge on any atom is 0.251 e. The number of hydrogen-bond donors (Lipinski definition) is 2. The van der Waals surface area contributed by atoms with E-state index in [9.17, 15) is 18.0 Å². The minimum Gasteiger partial charge on any atom is -0.379 e. The fraction of sp³-hybridized carbons (Fsp3) is 0.529. The zero-order valence-electron chi connectivity index (χ0n) is 15.3. The molecule has 2 amide bonds. The van der Waals surface area contributed by atoms with Gasteiger partial charge in [-0.1, -0.05) is 18.5 Å². The van der Waals surface area contributed by atoms with Crippen LogP contribution in [0.2, 0.25) is 5.02 Å². The molecule has 10 heteroatoms. The zero-order valence-corrected chi connectivity index (χ0v) is 16.9. The van der Waals surface area contributed by atoms with Crippen molar-refractivity contribution in [3.63, 3.8) is 0 Å². The number of carbonyl (C=O) groups excluding carboxylic acids is 2. The van der Waals surface area contributed by atoms with E-state index in [-0.39, 0.29) is 34.5 Å². The van der Waals surface area contributed by atoms with Gasteiger partial charge in [-0.2, -0.15) is 4.31 Å². The number of carbonyl (C=O) groups is 2. The molecule has 0 bridgehead atoms. The molecule has 27 heavy (non-hydrogen) atoms. The van der Waals surface area contributed by atoms with Crippen molar-refractivity contribution >= 4 is 33.4 Å². The Balaban J connectivity index is 2.18. The highest BCUT2D eigenvalue weighted by Gasteiger charge is 2.29. The van der Waals surface area contributed by atoms with Gasteiger partial charge in [0.05, 0.1) is 18.2 Å². The van der Waals surface area contributed by atoms with Gasteiger partial charge < -0.3 is 15.4 Å². The van der Waals surface area contributed by atoms with Gasteiger partial charge in [0.1, 0.15) is 10.9 Å². The van der Waals surface area contributed by atoms with Gasteiger partial charge in [0.15, 0.2) is 0 Å². The molecule has 1 saturated heterocycles. The molecule has 2 N–H and O–H groups in total. The Labute approximate surface area is 164 Å². The second kappa shape index (κ2) is 9.50.